The predicted molar refractivity (Wildman–Crippen MR) is 96.5 cm³/mol. The summed E-state index contributed by atoms with van der Waals surface area (Å²) in [5.74, 6) is -1.89. The van der Waals surface area contributed by atoms with Crippen molar-refractivity contribution in [3.63, 3.8) is 0 Å². The normalized spacial score (nSPS) is 14.4. The van der Waals surface area contributed by atoms with Crippen molar-refractivity contribution in [2.24, 2.45) is 10.9 Å². The van der Waals surface area contributed by atoms with Crippen LogP contribution in [-0.2, 0) is 4.74 Å². The Morgan fingerprint density at radius 2 is 1.80 bits per heavy atom. The Hall–Kier alpha value is -2.60. The number of aryl methyl sites for hydroxylation is 1. The number of fused-ring (bicyclic) bond motifs is 1. The molecule has 1 aromatic heterocycles. The number of carbonyl (C=O) groups is 3. The molecule has 1 aromatic carbocycles. The number of ketones is 2. The van der Waals surface area contributed by atoms with E-state index in [1.807, 2.05) is 13.8 Å². The summed E-state index contributed by atoms with van der Waals surface area (Å²) >= 11 is 1.34. The summed E-state index contributed by atoms with van der Waals surface area (Å²) in [7, 11) is 0. The van der Waals surface area contributed by atoms with Gasteiger partial charge in [0.05, 0.1) is 12.2 Å². The third-order valence-electron chi connectivity index (χ3n) is 4.21. The largest absolute Gasteiger partial charge is 0.462 e. The van der Waals surface area contributed by atoms with E-state index < -0.39 is 11.9 Å². The number of esters is 1. The standard InChI is InChI=1S/C19H17NO4S/c1-4-24-19(23)15-10(2)11(3)25-18(15)20-9-14-16(21)12-7-5-6-8-13(12)17(14)22/h5-9,14H,4H2,1-3H3/b20-9+. The quantitative estimate of drug-likeness (QED) is 0.473. The number of rotatable bonds is 4. The highest BCUT2D eigenvalue weighted by Gasteiger charge is 2.37. The van der Waals surface area contributed by atoms with Crippen LogP contribution in [-0.4, -0.2) is 30.4 Å². The van der Waals surface area contributed by atoms with E-state index in [-0.39, 0.29) is 18.2 Å². The zero-order chi connectivity index (χ0) is 18.1. The number of hydrogen-bond donors (Lipinski definition) is 0. The number of benzene rings is 1. The molecule has 1 aliphatic carbocycles. The Labute approximate surface area is 149 Å². The zero-order valence-corrected chi connectivity index (χ0v) is 15.0. The van der Waals surface area contributed by atoms with Crippen molar-refractivity contribution < 1.29 is 19.1 Å². The first-order chi connectivity index (χ1) is 12.0. The molecule has 0 bridgehead atoms. The first-order valence-corrected chi connectivity index (χ1v) is 8.76. The summed E-state index contributed by atoms with van der Waals surface area (Å²) in [6.45, 7) is 5.73. The lowest BCUT2D eigenvalue weighted by molar-refractivity contribution is 0.0526. The fourth-order valence-corrected chi connectivity index (χ4v) is 3.79. The van der Waals surface area contributed by atoms with Gasteiger partial charge in [0.25, 0.3) is 0 Å². The van der Waals surface area contributed by atoms with Crippen LogP contribution in [0, 0.1) is 19.8 Å². The maximum atomic E-state index is 12.4. The van der Waals surface area contributed by atoms with Crippen molar-refractivity contribution in [3.05, 3.63) is 51.4 Å². The van der Waals surface area contributed by atoms with Crippen LogP contribution < -0.4 is 0 Å². The molecule has 3 rings (SSSR count). The van der Waals surface area contributed by atoms with Crippen LogP contribution >= 0.6 is 11.3 Å². The van der Waals surface area contributed by atoms with Gasteiger partial charge in [-0.1, -0.05) is 24.3 Å². The molecule has 0 amide bonds. The summed E-state index contributed by atoms with van der Waals surface area (Å²) in [5.41, 5.74) is 2.06. The lowest BCUT2D eigenvalue weighted by Gasteiger charge is -2.03. The topological polar surface area (TPSA) is 72.8 Å². The molecule has 0 atom stereocenters. The molecular weight excluding hydrogens is 338 g/mol. The second-order valence-electron chi connectivity index (χ2n) is 5.71. The maximum Gasteiger partial charge on any atom is 0.341 e. The average Bonchev–Trinajstić information content (AvgIpc) is 3.01. The number of Topliss-reactive ketones (excluding diaryl/α,β-unsaturated/α-hetero) is 2. The smallest absolute Gasteiger partial charge is 0.341 e. The third-order valence-corrected chi connectivity index (χ3v) is 5.33. The molecule has 25 heavy (non-hydrogen) atoms. The van der Waals surface area contributed by atoms with Crippen LogP contribution in [0.25, 0.3) is 0 Å². The van der Waals surface area contributed by atoms with Gasteiger partial charge in [-0.2, -0.15) is 0 Å². The molecule has 0 N–H and O–H groups in total. The van der Waals surface area contributed by atoms with Crippen LogP contribution in [0.4, 0.5) is 5.00 Å². The monoisotopic (exact) mass is 355 g/mol. The van der Waals surface area contributed by atoms with Gasteiger partial charge in [0.2, 0.25) is 0 Å². The van der Waals surface area contributed by atoms with E-state index >= 15 is 0 Å². The molecule has 5 nitrogen and oxygen atoms in total. The van der Waals surface area contributed by atoms with Gasteiger partial charge in [-0.05, 0) is 26.3 Å². The van der Waals surface area contributed by atoms with Crippen molar-refractivity contribution >= 4 is 40.1 Å². The minimum atomic E-state index is -0.935. The fraction of sp³-hybridized carbons (Fsp3) is 0.263. The Morgan fingerprint density at radius 1 is 1.20 bits per heavy atom. The Morgan fingerprint density at radius 3 is 2.36 bits per heavy atom. The average molecular weight is 355 g/mol. The molecule has 0 saturated carbocycles. The van der Waals surface area contributed by atoms with Crippen molar-refractivity contribution in [2.75, 3.05) is 6.61 Å². The Kier molecular flexibility index (Phi) is 4.63. The van der Waals surface area contributed by atoms with Crippen molar-refractivity contribution in [3.8, 4) is 0 Å². The van der Waals surface area contributed by atoms with Crippen molar-refractivity contribution in [2.45, 2.75) is 20.8 Å². The van der Waals surface area contributed by atoms with Gasteiger partial charge in [0, 0.05) is 22.2 Å². The minimum Gasteiger partial charge on any atom is -0.462 e. The van der Waals surface area contributed by atoms with Crippen molar-refractivity contribution in [1.82, 2.24) is 0 Å². The van der Waals surface area contributed by atoms with Gasteiger partial charge < -0.3 is 4.74 Å². The summed E-state index contributed by atoms with van der Waals surface area (Å²) < 4.78 is 5.09. The Balaban J connectivity index is 1.94. The van der Waals surface area contributed by atoms with Gasteiger partial charge in [-0.3, -0.25) is 9.59 Å². The summed E-state index contributed by atoms with van der Waals surface area (Å²) in [6, 6.07) is 6.75. The molecule has 0 fully saturated rings. The van der Waals surface area contributed by atoms with E-state index in [4.69, 9.17) is 4.74 Å². The SMILES string of the molecule is CCOC(=O)c1c(/N=C/C2C(=O)c3ccccc3C2=O)sc(C)c1C. The van der Waals surface area contributed by atoms with Gasteiger partial charge in [-0.15, -0.1) is 11.3 Å². The highest BCUT2D eigenvalue weighted by molar-refractivity contribution is 7.16. The molecule has 0 spiro atoms. The second-order valence-corrected chi connectivity index (χ2v) is 6.92. The van der Waals surface area contributed by atoms with Gasteiger partial charge in [0.1, 0.15) is 10.9 Å². The van der Waals surface area contributed by atoms with Crippen LogP contribution in [0.5, 0.6) is 0 Å². The van der Waals surface area contributed by atoms with E-state index in [1.165, 1.54) is 17.6 Å². The molecule has 1 heterocycles. The number of ether oxygens (including phenoxy) is 1. The second kappa shape index (κ2) is 6.72. The molecule has 0 aliphatic heterocycles. The third kappa shape index (κ3) is 2.93. The molecule has 0 saturated heterocycles. The number of hydrogen-bond acceptors (Lipinski definition) is 6. The number of thiophene rings is 1. The molecule has 0 unspecified atom stereocenters. The highest BCUT2D eigenvalue weighted by Crippen LogP contribution is 2.36. The van der Waals surface area contributed by atoms with Gasteiger partial charge in [-0.25, -0.2) is 9.79 Å². The first-order valence-electron chi connectivity index (χ1n) is 7.94. The minimum absolute atomic E-state index is 0.257. The summed E-state index contributed by atoms with van der Waals surface area (Å²) in [4.78, 5) is 42.3. The van der Waals surface area contributed by atoms with Crippen LogP contribution in [0.15, 0.2) is 29.3 Å². The van der Waals surface area contributed by atoms with E-state index in [0.717, 1.165) is 10.4 Å². The lowest BCUT2D eigenvalue weighted by atomic mass is 10.1. The zero-order valence-electron chi connectivity index (χ0n) is 14.2. The molecule has 1 aliphatic rings. The van der Waals surface area contributed by atoms with Crippen molar-refractivity contribution in [1.29, 1.82) is 0 Å². The lowest BCUT2D eigenvalue weighted by Crippen LogP contribution is -2.16. The van der Waals surface area contributed by atoms with E-state index in [9.17, 15) is 14.4 Å². The van der Waals surface area contributed by atoms with Crippen LogP contribution in [0.2, 0.25) is 0 Å². The van der Waals surface area contributed by atoms with Crippen LogP contribution in [0.3, 0.4) is 0 Å². The first kappa shape index (κ1) is 17.2. The highest BCUT2D eigenvalue weighted by atomic mass is 32.1. The molecule has 2 aromatic rings. The number of nitrogens with zero attached hydrogens (tertiary/aromatic N) is 1. The summed E-state index contributed by atoms with van der Waals surface area (Å²) in [5, 5.41) is 0.463. The fourth-order valence-electron chi connectivity index (χ4n) is 2.79. The van der Waals surface area contributed by atoms with E-state index in [0.29, 0.717) is 21.7 Å². The van der Waals surface area contributed by atoms with E-state index in [2.05, 4.69) is 4.99 Å². The molecule has 6 heteroatoms. The predicted octanol–water partition coefficient (Wildman–Crippen LogP) is 3.94. The number of aliphatic imine (C=N–C) groups is 1. The Bertz CT molecular complexity index is 875. The summed E-state index contributed by atoms with van der Waals surface area (Å²) in [6.07, 6.45) is 1.35. The van der Waals surface area contributed by atoms with Gasteiger partial charge in [0.15, 0.2) is 11.6 Å². The molecular formula is C19H17NO4S. The molecule has 128 valence electrons. The van der Waals surface area contributed by atoms with Gasteiger partial charge >= 0.3 is 5.97 Å². The number of carbonyl (C=O) groups excluding carboxylic acids is 3. The molecule has 0 radical (unpaired) electrons. The van der Waals surface area contributed by atoms with E-state index in [1.54, 1.807) is 31.2 Å². The maximum absolute atomic E-state index is 12.4. The van der Waals surface area contributed by atoms with Crippen LogP contribution in [0.1, 0.15) is 48.4 Å².